The summed E-state index contributed by atoms with van der Waals surface area (Å²) < 4.78 is 5.15. The third-order valence-corrected chi connectivity index (χ3v) is 4.14. The number of carbonyl (C=O) groups is 1. The maximum atomic E-state index is 12.4. The van der Waals surface area contributed by atoms with Gasteiger partial charge in [-0.05, 0) is 36.5 Å². The van der Waals surface area contributed by atoms with E-state index in [1.807, 2.05) is 29.2 Å². The average Bonchev–Trinajstić information content (AvgIpc) is 2.95. The number of hydrogen-bond donors (Lipinski definition) is 1. The zero-order valence-electron chi connectivity index (χ0n) is 12.3. The van der Waals surface area contributed by atoms with E-state index in [0.29, 0.717) is 13.0 Å². The highest BCUT2D eigenvalue weighted by molar-refractivity contribution is 5.77. The second-order valence-electron chi connectivity index (χ2n) is 5.50. The first-order valence-electron chi connectivity index (χ1n) is 7.29. The molecule has 2 atom stereocenters. The van der Waals surface area contributed by atoms with E-state index in [0.717, 1.165) is 25.1 Å². The maximum Gasteiger partial charge on any atom is 0.223 e. The number of carbonyl (C=O) groups excluding carboxylic acids is 1. The number of amides is 1. The maximum absolute atomic E-state index is 12.4. The van der Waals surface area contributed by atoms with Crippen molar-refractivity contribution in [3.63, 3.8) is 0 Å². The van der Waals surface area contributed by atoms with Crippen molar-refractivity contribution >= 4 is 5.91 Å². The number of hydrogen-bond acceptors (Lipinski definition) is 3. The predicted molar refractivity (Wildman–Crippen MR) is 79.8 cm³/mol. The Hall–Kier alpha value is -1.55. The summed E-state index contributed by atoms with van der Waals surface area (Å²) in [7, 11) is 1.66. The molecule has 1 saturated heterocycles. The van der Waals surface area contributed by atoms with Crippen LogP contribution in [0.3, 0.4) is 0 Å². The molecule has 110 valence electrons. The molecule has 2 N–H and O–H groups in total. The molecule has 0 saturated carbocycles. The summed E-state index contributed by atoms with van der Waals surface area (Å²) in [4.78, 5) is 14.3. The van der Waals surface area contributed by atoms with Crippen molar-refractivity contribution in [1.82, 2.24) is 4.90 Å². The highest BCUT2D eigenvalue weighted by Crippen LogP contribution is 2.25. The van der Waals surface area contributed by atoms with Gasteiger partial charge in [0.05, 0.1) is 7.11 Å². The molecule has 1 aliphatic rings. The van der Waals surface area contributed by atoms with Crippen LogP contribution in [0.4, 0.5) is 0 Å². The van der Waals surface area contributed by atoms with Gasteiger partial charge in [0.1, 0.15) is 5.75 Å². The first-order chi connectivity index (χ1) is 9.65. The molecule has 0 aliphatic carbocycles. The summed E-state index contributed by atoms with van der Waals surface area (Å²) in [6, 6.07) is 8.18. The standard InChI is InChI=1S/C16H24N2O2/c1-12(13-5-7-15(20-2)8-6-13)10-16(19)18-9-3-4-14(18)11-17/h5-8,12,14H,3-4,9-11,17H2,1-2H3. The molecule has 1 heterocycles. The molecular formula is C16H24N2O2. The fourth-order valence-corrected chi connectivity index (χ4v) is 2.84. The lowest BCUT2D eigenvalue weighted by molar-refractivity contribution is -0.132. The van der Waals surface area contributed by atoms with Crippen molar-refractivity contribution in [3.05, 3.63) is 29.8 Å². The van der Waals surface area contributed by atoms with Crippen LogP contribution in [0.1, 0.15) is 37.7 Å². The molecule has 2 rings (SSSR count). The quantitative estimate of drug-likeness (QED) is 0.896. The van der Waals surface area contributed by atoms with Crippen LogP contribution in [0.2, 0.25) is 0 Å². The Morgan fingerprint density at radius 2 is 2.15 bits per heavy atom. The zero-order valence-corrected chi connectivity index (χ0v) is 12.3. The Bertz CT molecular complexity index is 444. The van der Waals surface area contributed by atoms with E-state index < -0.39 is 0 Å². The summed E-state index contributed by atoms with van der Waals surface area (Å²) in [6.45, 7) is 3.52. The molecule has 4 heteroatoms. The molecule has 20 heavy (non-hydrogen) atoms. The molecule has 1 fully saturated rings. The molecule has 0 spiro atoms. The first-order valence-corrected chi connectivity index (χ1v) is 7.29. The van der Waals surface area contributed by atoms with E-state index in [9.17, 15) is 4.79 Å². The number of likely N-dealkylation sites (tertiary alicyclic amines) is 1. The zero-order chi connectivity index (χ0) is 14.5. The molecular weight excluding hydrogens is 252 g/mol. The molecule has 1 aromatic rings. The highest BCUT2D eigenvalue weighted by Gasteiger charge is 2.28. The minimum absolute atomic E-state index is 0.215. The Morgan fingerprint density at radius 3 is 2.75 bits per heavy atom. The minimum atomic E-state index is 0.215. The summed E-state index contributed by atoms with van der Waals surface area (Å²) in [5.41, 5.74) is 6.90. The number of ether oxygens (including phenoxy) is 1. The molecule has 1 amide bonds. The number of benzene rings is 1. The molecule has 2 unspecified atom stereocenters. The lowest BCUT2D eigenvalue weighted by Gasteiger charge is -2.25. The second kappa shape index (κ2) is 6.75. The van der Waals surface area contributed by atoms with Gasteiger partial charge in [-0.1, -0.05) is 19.1 Å². The summed E-state index contributed by atoms with van der Waals surface area (Å²) in [5, 5.41) is 0. The molecule has 1 aromatic carbocycles. The number of nitrogens with two attached hydrogens (primary N) is 1. The minimum Gasteiger partial charge on any atom is -0.497 e. The number of methoxy groups -OCH3 is 1. The van der Waals surface area contributed by atoms with Crippen LogP contribution in [-0.2, 0) is 4.79 Å². The van der Waals surface area contributed by atoms with E-state index in [2.05, 4.69) is 6.92 Å². The molecule has 0 bridgehead atoms. The van der Waals surface area contributed by atoms with Crippen LogP contribution in [0.15, 0.2) is 24.3 Å². The summed E-state index contributed by atoms with van der Waals surface area (Å²) >= 11 is 0. The Kier molecular flexibility index (Phi) is 5.01. The van der Waals surface area contributed by atoms with Gasteiger partial charge in [-0.2, -0.15) is 0 Å². The molecule has 0 aromatic heterocycles. The van der Waals surface area contributed by atoms with Gasteiger partial charge in [0.25, 0.3) is 0 Å². The van der Waals surface area contributed by atoms with Gasteiger partial charge >= 0.3 is 0 Å². The van der Waals surface area contributed by atoms with E-state index >= 15 is 0 Å². The third-order valence-electron chi connectivity index (χ3n) is 4.14. The normalized spacial score (nSPS) is 19.9. The number of rotatable bonds is 5. The van der Waals surface area contributed by atoms with E-state index in [4.69, 9.17) is 10.5 Å². The van der Waals surface area contributed by atoms with Crippen molar-refractivity contribution in [3.8, 4) is 5.75 Å². The lowest BCUT2D eigenvalue weighted by Crippen LogP contribution is -2.40. The fraction of sp³-hybridized carbons (Fsp3) is 0.562. The van der Waals surface area contributed by atoms with Crippen molar-refractivity contribution in [1.29, 1.82) is 0 Å². The summed E-state index contributed by atoms with van der Waals surface area (Å²) in [6.07, 6.45) is 2.66. The highest BCUT2D eigenvalue weighted by atomic mass is 16.5. The molecule has 4 nitrogen and oxygen atoms in total. The van der Waals surface area contributed by atoms with Gasteiger partial charge in [0.2, 0.25) is 5.91 Å². The van der Waals surface area contributed by atoms with Crippen molar-refractivity contribution in [2.45, 2.75) is 38.1 Å². The lowest BCUT2D eigenvalue weighted by atomic mass is 9.97. The number of nitrogens with zero attached hydrogens (tertiary/aromatic N) is 1. The van der Waals surface area contributed by atoms with Crippen LogP contribution < -0.4 is 10.5 Å². The summed E-state index contributed by atoms with van der Waals surface area (Å²) in [5.74, 6) is 1.28. The van der Waals surface area contributed by atoms with Gasteiger partial charge in [0.15, 0.2) is 0 Å². The van der Waals surface area contributed by atoms with Crippen LogP contribution in [0, 0.1) is 0 Å². The van der Waals surface area contributed by atoms with Crippen LogP contribution in [-0.4, -0.2) is 37.0 Å². The monoisotopic (exact) mass is 276 g/mol. The average molecular weight is 276 g/mol. The largest absolute Gasteiger partial charge is 0.497 e. The van der Waals surface area contributed by atoms with Gasteiger partial charge < -0.3 is 15.4 Å². The van der Waals surface area contributed by atoms with Gasteiger partial charge in [0, 0.05) is 25.6 Å². The van der Waals surface area contributed by atoms with Crippen molar-refractivity contribution in [2.24, 2.45) is 5.73 Å². The van der Waals surface area contributed by atoms with E-state index in [1.165, 1.54) is 5.56 Å². The second-order valence-corrected chi connectivity index (χ2v) is 5.50. The van der Waals surface area contributed by atoms with Crippen LogP contribution >= 0.6 is 0 Å². The van der Waals surface area contributed by atoms with Gasteiger partial charge in [-0.3, -0.25) is 4.79 Å². The Labute approximate surface area is 120 Å². The van der Waals surface area contributed by atoms with Gasteiger partial charge in [-0.25, -0.2) is 0 Å². The van der Waals surface area contributed by atoms with E-state index in [1.54, 1.807) is 7.11 Å². The molecule has 1 aliphatic heterocycles. The topological polar surface area (TPSA) is 55.6 Å². The fourth-order valence-electron chi connectivity index (χ4n) is 2.84. The van der Waals surface area contributed by atoms with Crippen LogP contribution in [0.25, 0.3) is 0 Å². The van der Waals surface area contributed by atoms with Crippen molar-refractivity contribution in [2.75, 3.05) is 20.2 Å². The van der Waals surface area contributed by atoms with E-state index in [-0.39, 0.29) is 17.9 Å². The predicted octanol–water partition coefficient (Wildman–Crippen LogP) is 2.14. The Morgan fingerprint density at radius 1 is 1.45 bits per heavy atom. The smallest absolute Gasteiger partial charge is 0.223 e. The SMILES string of the molecule is COc1ccc(C(C)CC(=O)N2CCCC2CN)cc1. The Balaban J connectivity index is 1.96. The van der Waals surface area contributed by atoms with Crippen LogP contribution in [0.5, 0.6) is 5.75 Å². The van der Waals surface area contributed by atoms with Gasteiger partial charge in [-0.15, -0.1) is 0 Å². The van der Waals surface area contributed by atoms with Crippen molar-refractivity contribution < 1.29 is 9.53 Å². The first kappa shape index (κ1) is 14.9. The molecule has 0 radical (unpaired) electrons. The third kappa shape index (κ3) is 3.31.